The van der Waals surface area contributed by atoms with Crippen LogP contribution in [0.3, 0.4) is 0 Å². The molecular formula is C20H25N3O4. The number of nitrogens with one attached hydrogen (secondary N) is 2. The monoisotopic (exact) mass is 371 g/mol. The summed E-state index contributed by atoms with van der Waals surface area (Å²) in [7, 11) is 0. The number of nitrogens with zero attached hydrogens (tertiary/aromatic N) is 1. The largest absolute Gasteiger partial charge is 0.347 e. The van der Waals surface area contributed by atoms with Crippen LogP contribution in [-0.4, -0.2) is 23.3 Å². The van der Waals surface area contributed by atoms with E-state index in [1.807, 2.05) is 0 Å². The standard InChI is InChI=1S/C20H25N3O4/c1-12-2-3-16(23(26)27)7-17(12)22-18(24)11-21-19(25)20-8-13-4-14(9-20)6-15(5-13)10-20/h2-3,7,13-15H,4-6,8-11H2,1H3,(H,21,25)(H,22,24). The van der Waals surface area contributed by atoms with Crippen molar-refractivity contribution in [3.8, 4) is 0 Å². The number of rotatable bonds is 5. The first kappa shape index (κ1) is 17.9. The van der Waals surface area contributed by atoms with E-state index in [0.29, 0.717) is 23.4 Å². The van der Waals surface area contributed by atoms with Gasteiger partial charge in [0.25, 0.3) is 5.69 Å². The Morgan fingerprint density at radius 2 is 1.74 bits per heavy atom. The third kappa shape index (κ3) is 3.42. The van der Waals surface area contributed by atoms with Crippen LogP contribution in [0.2, 0.25) is 0 Å². The van der Waals surface area contributed by atoms with Gasteiger partial charge in [0, 0.05) is 17.5 Å². The minimum atomic E-state index is -0.496. The number of hydrogen-bond acceptors (Lipinski definition) is 4. The normalized spacial score (nSPS) is 30.8. The molecule has 0 heterocycles. The van der Waals surface area contributed by atoms with Gasteiger partial charge in [0.2, 0.25) is 11.8 Å². The summed E-state index contributed by atoms with van der Waals surface area (Å²) in [5.74, 6) is 1.65. The summed E-state index contributed by atoms with van der Waals surface area (Å²) in [5, 5.41) is 16.4. The molecule has 5 rings (SSSR count). The van der Waals surface area contributed by atoms with Gasteiger partial charge in [0.05, 0.1) is 17.2 Å². The predicted octanol–water partition coefficient (Wildman–Crippen LogP) is 3.17. The zero-order valence-electron chi connectivity index (χ0n) is 15.5. The topological polar surface area (TPSA) is 101 Å². The Labute approximate surface area is 158 Å². The van der Waals surface area contributed by atoms with E-state index in [4.69, 9.17) is 0 Å². The van der Waals surface area contributed by atoms with E-state index < -0.39 is 4.92 Å². The second-order valence-electron chi connectivity index (χ2n) is 8.69. The number of nitro groups is 1. The van der Waals surface area contributed by atoms with Crippen LogP contribution in [0.15, 0.2) is 18.2 Å². The molecule has 144 valence electrons. The summed E-state index contributed by atoms with van der Waals surface area (Å²) in [6, 6.07) is 4.34. The van der Waals surface area contributed by atoms with Gasteiger partial charge in [-0.3, -0.25) is 19.7 Å². The maximum absolute atomic E-state index is 12.9. The van der Waals surface area contributed by atoms with Crippen molar-refractivity contribution in [3.05, 3.63) is 33.9 Å². The molecule has 0 spiro atoms. The fourth-order valence-corrected chi connectivity index (χ4v) is 5.79. The van der Waals surface area contributed by atoms with E-state index in [2.05, 4.69) is 10.6 Å². The molecule has 4 fully saturated rings. The summed E-state index contributed by atoms with van der Waals surface area (Å²) < 4.78 is 0. The number of aryl methyl sites for hydroxylation is 1. The summed E-state index contributed by atoms with van der Waals surface area (Å²) in [4.78, 5) is 35.6. The van der Waals surface area contributed by atoms with Gasteiger partial charge in [0.15, 0.2) is 0 Å². The minimum Gasteiger partial charge on any atom is -0.347 e. The van der Waals surface area contributed by atoms with Crippen LogP contribution in [0.4, 0.5) is 11.4 Å². The van der Waals surface area contributed by atoms with E-state index in [0.717, 1.165) is 24.8 Å². The van der Waals surface area contributed by atoms with Crippen molar-refractivity contribution in [2.75, 3.05) is 11.9 Å². The first-order chi connectivity index (χ1) is 12.8. The molecule has 4 saturated carbocycles. The smallest absolute Gasteiger partial charge is 0.271 e. The average Bonchev–Trinajstić information content (AvgIpc) is 2.60. The van der Waals surface area contributed by atoms with Crippen LogP contribution in [-0.2, 0) is 9.59 Å². The van der Waals surface area contributed by atoms with Gasteiger partial charge in [0.1, 0.15) is 0 Å². The summed E-state index contributed by atoms with van der Waals surface area (Å²) >= 11 is 0. The zero-order valence-corrected chi connectivity index (χ0v) is 15.5. The van der Waals surface area contributed by atoms with E-state index in [1.54, 1.807) is 13.0 Å². The Bertz CT molecular complexity index is 769. The summed E-state index contributed by atoms with van der Waals surface area (Å²) in [6.45, 7) is 1.66. The first-order valence-corrected chi connectivity index (χ1v) is 9.68. The quantitative estimate of drug-likeness (QED) is 0.613. The van der Waals surface area contributed by atoms with Gasteiger partial charge in [-0.05, 0) is 68.8 Å². The van der Waals surface area contributed by atoms with Crippen molar-refractivity contribution >= 4 is 23.2 Å². The molecule has 0 atom stereocenters. The molecule has 7 nitrogen and oxygen atoms in total. The van der Waals surface area contributed by atoms with Crippen molar-refractivity contribution in [2.45, 2.75) is 45.4 Å². The second-order valence-corrected chi connectivity index (χ2v) is 8.69. The molecule has 1 aromatic rings. The molecule has 1 aromatic carbocycles. The van der Waals surface area contributed by atoms with E-state index in [9.17, 15) is 19.7 Å². The lowest BCUT2D eigenvalue weighted by atomic mass is 9.49. The molecule has 0 aromatic heterocycles. The number of anilines is 1. The third-order valence-electron chi connectivity index (χ3n) is 6.64. The Morgan fingerprint density at radius 3 is 2.30 bits per heavy atom. The van der Waals surface area contributed by atoms with Crippen LogP contribution < -0.4 is 10.6 Å². The lowest BCUT2D eigenvalue weighted by Gasteiger charge is -2.55. The molecule has 2 amide bonds. The van der Waals surface area contributed by atoms with Gasteiger partial charge >= 0.3 is 0 Å². The Balaban J connectivity index is 1.36. The average molecular weight is 371 g/mol. The van der Waals surface area contributed by atoms with E-state index in [-0.39, 0.29) is 29.5 Å². The van der Waals surface area contributed by atoms with Crippen LogP contribution in [0.1, 0.15) is 44.1 Å². The van der Waals surface area contributed by atoms with Gasteiger partial charge in [-0.1, -0.05) is 6.07 Å². The van der Waals surface area contributed by atoms with Gasteiger partial charge in [-0.2, -0.15) is 0 Å². The molecule has 0 radical (unpaired) electrons. The van der Waals surface area contributed by atoms with Crippen LogP contribution in [0.25, 0.3) is 0 Å². The van der Waals surface area contributed by atoms with Gasteiger partial charge in [-0.15, -0.1) is 0 Å². The maximum Gasteiger partial charge on any atom is 0.271 e. The highest BCUT2D eigenvalue weighted by atomic mass is 16.6. The molecule has 7 heteroatoms. The first-order valence-electron chi connectivity index (χ1n) is 9.68. The molecular weight excluding hydrogens is 346 g/mol. The maximum atomic E-state index is 12.9. The molecule has 2 N–H and O–H groups in total. The van der Waals surface area contributed by atoms with Crippen LogP contribution in [0, 0.1) is 40.2 Å². The van der Waals surface area contributed by atoms with Crippen molar-refractivity contribution < 1.29 is 14.5 Å². The number of benzene rings is 1. The highest BCUT2D eigenvalue weighted by Gasteiger charge is 2.54. The molecule has 4 aliphatic rings. The number of amides is 2. The van der Waals surface area contributed by atoms with E-state index in [1.165, 1.54) is 31.4 Å². The van der Waals surface area contributed by atoms with Crippen molar-refractivity contribution in [1.29, 1.82) is 0 Å². The number of hydrogen-bond donors (Lipinski definition) is 2. The highest BCUT2D eigenvalue weighted by Crippen LogP contribution is 2.60. The fourth-order valence-electron chi connectivity index (χ4n) is 5.79. The van der Waals surface area contributed by atoms with Crippen molar-refractivity contribution in [1.82, 2.24) is 5.32 Å². The lowest BCUT2D eigenvalue weighted by Crippen LogP contribution is -2.54. The molecule has 27 heavy (non-hydrogen) atoms. The predicted molar refractivity (Wildman–Crippen MR) is 100 cm³/mol. The molecule has 4 aliphatic carbocycles. The Kier molecular flexibility index (Phi) is 4.40. The minimum absolute atomic E-state index is 0.00696. The third-order valence-corrected chi connectivity index (χ3v) is 6.64. The number of nitro benzene ring substituents is 1. The molecule has 4 bridgehead atoms. The number of carbonyl (C=O) groups excluding carboxylic acids is 2. The summed E-state index contributed by atoms with van der Waals surface area (Å²) in [6.07, 6.45) is 6.65. The highest BCUT2D eigenvalue weighted by molar-refractivity contribution is 5.96. The van der Waals surface area contributed by atoms with Gasteiger partial charge in [-0.25, -0.2) is 0 Å². The molecule has 0 saturated heterocycles. The summed E-state index contributed by atoms with van der Waals surface area (Å²) in [5.41, 5.74) is 0.782. The van der Waals surface area contributed by atoms with Crippen LogP contribution in [0.5, 0.6) is 0 Å². The SMILES string of the molecule is Cc1ccc([N+](=O)[O-])cc1NC(=O)CNC(=O)C12CC3CC(CC(C3)C1)C2. The lowest BCUT2D eigenvalue weighted by molar-refractivity contribution is -0.384. The second kappa shape index (κ2) is 6.62. The Hall–Kier alpha value is -2.44. The fraction of sp³-hybridized carbons (Fsp3) is 0.600. The molecule has 0 unspecified atom stereocenters. The molecule has 0 aliphatic heterocycles. The van der Waals surface area contributed by atoms with Gasteiger partial charge < -0.3 is 10.6 Å². The van der Waals surface area contributed by atoms with Crippen molar-refractivity contribution in [3.63, 3.8) is 0 Å². The Morgan fingerprint density at radius 1 is 1.15 bits per heavy atom. The van der Waals surface area contributed by atoms with Crippen molar-refractivity contribution in [2.24, 2.45) is 23.2 Å². The number of carbonyl (C=O) groups is 2. The van der Waals surface area contributed by atoms with Crippen LogP contribution >= 0.6 is 0 Å². The van der Waals surface area contributed by atoms with E-state index >= 15 is 0 Å². The zero-order chi connectivity index (χ0) is 19.2. The number of non-ortho nitro benzene ring substituents is 1.